The van der Waals surface area contributed by atoms with Gasteiger partial charge in [0.05, 0.1) is 19.3 Å². The maximum Gasteiger partial charge on any atom is 0.264 e. The van der Waals surface area contributed by atoms with Crippen molar-refractivity contribution in [3.63, 3.8) is 0 Å². The summed E-state index contributed by atoms with van der Waals surface area (Å²) in [6.07, 6.45) is 0. The van der Waals surface area contributed by atoms with Gasteiger partial charge in [-0.1, -0.05) is 11.2 Å². The number of methoxy groups -OCH3 is 1. The summed E-state index contributed by atoms with van der Waals surface area (Å²) in [5, 5.41) is 12.9. The van der Waals surface area contributed by atoms with Crippen LogP contribution in [0.3, 0.4) is 0 Å². The SMILES string of the molecule is COc1cc(CO)ccc1OCc1nc(C(C)(C)N)no1. The average Bonchev–Trinajstić information content (AvgIpc) is 2.94. The van der Waals surface area contributed by atoms with Gasteiger partial charge in [0, 0.05) is 0 Å². The van der Waals surface area contributed by atoms with Crippen LogP contribution in [0, 0.1) is 0 Å². The van der Waals surface area contributed by atoms with E-state index in [0.29, 0.717) is 23.2 Å². The number of aliphatic hydroxyl groups is 1. The molecule has 0 aliphatic rings. The van der Waals surface area contributed by atoms with Crippen molar-refractivity contribution in [3.05, 3.63) is 35.5 Å². The van der Waals surface area contributed by atoms with Crippen molar-refractivity contribution < 1.29 is 19.1 Å². The summed E-state index contributed by atoms with van der Waals surface area (Å²) in [5.74, 6) is 1.81. The minimum absolute atomic E-state index is 0.0603. The Bertz CT molecular complexity index is 605. The van der Waals surface area contributed by atoms with E-state index in [-0.39, 0.29) is 13.2 Å². The Labute approximate surface area is 122 Å². The average molecular weight is 293 g/mol. The van der Waals surface area contributed by atoms with Crippen molar-refractivity contribution in [1.29, 1.82) is 0 Å². The molecule has 0 radical (unpaired) electrons. The number of hydrogen-bond donors (Lipinski definition) is 2. The number of benzene rings is 1. The molecule has 0 bridgehead atoms. The lowest BCUT2D eigenvalue weighted by Crippen LogP contribution is -2.30. The molecular formula is C14H19N3O4. The summed E-state index contributed by atoms with van der Waals surface area (Å²) in [6.45, 7) is 3.63. The number of aromatic nitrogens is 2. The van der Waals surface area contributed by atoms with E-state index in [2.05, 4.69) is 10.1 Å². The van der Waals surface area contributed by atoms with Gasteiger partial charge in [0.1, 0.15) is 0 Å². The van der Waals surface area contributed by atoms with Crippen LogP contribution < -0.4 is 15.2 Å². The van der Waals surface area contributed by atoms with Gasteiger partial charge in [-0.3, -0.25) is 0 Å². The standard InChI is InChI=1S/C14H19N3O4/c1-14(2,15)13-16-12(21-17-13)8-20-10-5-4-9(7-18)6-11(10)19-3/h4-6,18H,7-8,15H2,1-3H3. The minimum atomic E-state index is -0.664. The van der Waals surface area contributed by atoms with Crippen molar-refractivity contribution in [2.45, 2.75) is 32.6 Å². The number of nitrogens with zero attached hydrogens (tertiary/aromatic N) is 2. The molecule has 0 fully saturated rings. The smallest absolute Gasteiger partial charge is 0.264 e. The predicted octanol–water partition coefficient (Wildman–Crippen LogP) is 1.34. The van der Waals surface area contributed by atoms with Crippen LogP contribution in [-0.4, -0.2) is 22.4 Å². The van der Waals surface area contributed by atoms with Crippen LogP contribution in [0.4, 0.5) is 0 Å². The molecule has 3 N–H and O–H groups in total. The Kier molecular flexibility index (Phi) is 4.44. The minimum Gasteiger partial charge on any atom is -0.493 e. The van der Waals surface area contributed by atoms with Crippen molar-refractivity contribution in [3.8, 4) is 11.5 Å². The molecule has 1 aromatic carbocycles. The third-order valence-corrected chi connectivity index (χ3v) is 2.81. The second kappa shape index (κ2) is 6.11. The summed E-state index contributed by atoms with van der Waals surface area (Å²) in [5.41, 5.74) is 5.96. The van der Waals surface area contributed by atoms with Gasteiger partial charge in [0.15, 0.2) is 23.9 Å². The van der Waals surface area contributed by atoms with Crippen LogP contribution in [0.2, 0.25) is 0 Å². The fourth-order valence-electron chi connectivity index (χ4n) is 1.64. The quantitative estimate of drug-likeness (QED) is 0.828. The topological polar surface area (TPSA) is 104 Å². The first-order valence-electron chi connectivity index (χ1n) is 6.46. The second-order valence-electron chi connectivity index (χ2n) is 5.17. The highest BCUT2D eigenvalue weighted by Gasteiger charge is 2.21. The zero-order valence-corrected chi connectivity index (χ0v) is 12.3. The number of aliphatic hydroxyl groups excluding tert-OH is 1. The van der Waals surface area contributed by atoms with E-state index >= 15 is 0 Å². The third kappa shape index (κ3) is 3.71. The third-order valence-electron chi connectivity index (χ3n) is 2.81. The molecule has 1 aromatic heterocycles. The van der Waals surface area contributed by atoms with Crippen LogP contribution >= 0.6 is 0 Å². The predicted molar refractivity (Wildman–Crippen MR) is 74.8 cm³/mol. The first kappa shape index (κ1) is 15.3. The van der Waals surface area contributed by atoms with Gasteiger partial charge >= 0.3 is 0 Å². The molecule has 0 aliphatic heterocycles. The van der Waals surface area contributed by atoms with Crippen molar-refractivity contribution >= 4 is 0 Å². The first-order chi connectivity index (χ1) is 9.94. The highest BCUT2D eigenvalue weighted by atomic mass is 16.5. The fourth-order valence-corrected chi connectivity index (χ4v) is 1.64. The van der Waals surface area contributed by atoms with Gasteiger partial charge in [-0.25, -0.2) is 0 Å². The maximum absolute atomic E-state index is 9.09. The number of ether oxygens (including phenoxy) is 2. The number of nitrogens with two attached hydrogens (primary N) is 1. The molecule has 21 heavy (non-hydrogen) atoms. The molecule has 0 aliphatic carbocycles. The monoisotopic (exact) mass is 293 g/mol. The van der Waals surface area contributed by atoms with Gasteiger partial charge in [-0.15, -0.1) is 0 Å². The summed E-state index contributed by atoms with van der Waals surface area (Å²) in [4.78, 5) is 4.18. The van der Waals surface area contributed by atoms with Crippen LogP contribution in [-0.2, 0) is 18.8 Å². The van der Waals surface area contributed by atoms with E-state index < -0.39 is 5.54 Å². The van der Waals surface area contributed by atoms with Crippen LogP contribution in [0.15, 0.2) is 22.7 Å². The Morgan fingerprint density at radius 1 is 1.33 bits per heavy atom. The maximum atomic E-state index is 9.09. The summed E-state index contributed by atoms with van der Waals surface area (Å²) in [7, 11) is 1.53. The Hall–Kier alpha value is -2.12. The highest BCUT2D eigenvalue weighted by Crippen LogP contribution is 2.28. The molecule has 114 valence electrons. The molecule has 7 heteroatoms. The fraction of sp³-hybridized carbons (Fsp3) is 0.429. The highest BCUT2D eigenvalue weighted by molar-refractivity contribution is 5.42. The van der Waals surface area contributed by atoms with Gasteiger partial charge in [0.2, 0.25) is 0 Å². The number of rotatable bonds is 6. The molecule has 1 heterocycles. The van der Waals surface area contributed by atoms with E-state index in [9.17, 15) is 0 Å². The Balaban J connectivity index is 2.08. The van der Waals surface area contributed by atoms with Gasteiger partial charge in [0.25, 0.3) is 5.89 Å². The molecule has 0 unspecified atom stereocenters. The van der Waals surface area contributed by atoms with E-state index in [0.717, 1.165) is 5.56 Å². The molecule has 7 nitrogen and oxygen atoms in total. The lowest BCUT2D eigenvalue weighted by molar-refractivity contribution is 0.232. The van der Waals surface area contributed by atoms with Crippen LogP contribution in [0.1, 0.15) is 31.1 Å². The molecule has 0 amide bonds. The molecule has 0 atom stereocenters. The van der Waals surface area contributed by atoms with Crippen LogP contribution in [0.25, 0.3) is 0 Å². The van der Waals surface area contributed by atoms with Crippen molar-refractivity contribution in [2.24, 2.45) is 5.73 Å². The summed E-state index contributed by atoms with van der Waals surface area (Å²) >= 11 is 0. The molecule has 0 saturated heterocycles. The number of hydrogen-bond acceptors (Lipinski definition) is 7. The van der Waals surface area contributed by atoms with Gasteiger partial charge < -0.3 is 24.8 Å². The molecule has 0 saturated carbocycles. The van der Waals surface area contributed by atoms with E-state index in [1.54, 1.807) is 32.0 Å². The van der Waals surface area contributed by atoms with E-state index in [1.165, 1.54) is 7.11 Å². The summed E-state index contributed by atoms with van der Waals surface area (Å²) in [6, 6.07) is 5.17. The van der Waals surface area contributed by atoms with E-state index in [1.807, 2.05) is 0 Å². The van der Waals surface area contributed by atoms with Gasteiger partial charge in [-0.2, -0.15) is 4.98 Å². The van der Waals surface area contributed by atoms with E-state index in [4.69, 9.17) is 24.8 Å². The first-order valence-corrected chi connectivity index (χ1v) is 6.46. The van der Waals surface area contributed by atoms with Crippen molar-refractivity contribution in [2.75, 3.05) is 7.11 Å². The zero-order valence-electron chi connectivity index (χ0n) is 12.3. The van der Waals surface area contributed by atoms with Gasteiger partial charge in [-0.05, 0) is 31.5 Å². The molecule has 2 aromatic rings. The zero-order chi connectivity index (χ0) is 15.5. The van der Waals surface area contributed by atoms with Crippen molar-refractivity contribution in [1.82, 2.24) is 10.1 Å². The Morgan fingerprint density at radius 3 is 2.67 bits per heavy atom. The largest absolute Gasteiger partial charge is 0.493 e. The Morgan fingerprint density at radius 2 is 2.10 bits per heavy atom. The summed E-state index contributed by atoms with van der Waals surface area (Å²) < 4.78 is 15.9. The lowest BCUT2D eigenvalue weighted by atomic mass is 10.1. The normalized spacial score (nSPS) is 11.5. The molecule has 0 spiro atoms. The lowest BCUT2D eigenvalue weighted by Gasteiger charge is -2.11. The van der Waals surface area contributed by atoms with Crippen LogP contribution in [0.5, 0.6) is 11.5 Å². The molecular weight excluding hydrogens is 274 g/mol. The molecule has 2 rings (SSSR count). The second-order valence-corrected chi connectivity index (χ2v) is 5.17.